The van der Waals surface area contributed by atoms with E-state index < -0.39 is 0 Å². The van der Waals surface area contributed by atoms with E-state index in [4.69, 9.17) is 4.74 Å². The van der Waals surface area contributed by atoms with Gasteiger partial charge in [0.05, 0.1) is 18.7 Å². The van der Waals surface area contributed by atoms with Crippen molar-refractivity contribution in [2.24, 2.45) is 0 Å². The molecule has 2 aromatic carbocycles. The van der Waals surface area contributed by atoms with Crippen molar-refractivity contribution >= 4 is 17.6 Å². The van der Waals surface area contributed by atoms with E-state index in [-0.39, 0.29) is 24.0 Å². The summed E-state index contributed by atoms with van der Waals surface area (Å²) in [6.45, 7) is 6.77. The molecule has 2 atom stereocenters. The van der Waals surface area contributed by atoms with E-state index in [0.717, 1.165) is 42.0 Å². The van der Waals surface area contributed by atoms with Crippen molar-refractivity contribution < 1.29 is 14.3 Å². The number of amides is 3. The molecule has 1 heterocycles. The van der Waals surface area contributed by atoms with Gasteiger partial charge in [-0.05, 0) is 62.1 Å². The van der Waals surface area contributed by atoms with Crippen LogP contribution < -0.4 is 15.4 Å². The molecule has 2 aromatic rings. The fourth-order valence-electron chi connectivity index (χ4n) is 3.75. The number of nitrogens with zero attached hydrogens (tertiary/aromatic N) is 1. The highest BCUT2D eigenvalue weighted by Crippen LogP contribution is 2.33. The highest BCUT2D eigenvalue weighted by Gasteiger charge is 2.30. The third-order valence-electron chi connectivity index (χ3n) is 5.14. The third kappa shape index (κ3) is 5.28. The van der Waals surface area contributed by atoms with Crippen LogP contribution in [0.2, 0.25) is 0 Å². The van der Waals surface area contributed by atoms with E-state index in [1.54, 1.807) is 0 Å². The monoisotopic (exact) mass is 395 g/mol. The van der Waals surface area contributed by atoms with Gasteiger partial charge in [0.25, 0.3) is 0 Å². The summed E-state index contributed by atoms with van der Waals surface area (Å²) in [6.07, 6.45) is 1.94. The van der Waals surface area contributed by atoms with Crippen LogP contribution in [-0.4, -0.2) is 30.0 Å². The normalized spacial score (nSPS) is 16.9. The Balaban J connectivity index is 1.66. The predicted octanol–water partition coefficient (Wildman–Crippen LogP) is 4.65. The molecule has 29 heavy (non-hydrogen) atoms. The minimum absolute atomic E-state index is 0.0705. The molecule has 6 heteroatoms. The highest BCUT2D eigenvalue weighted by atomic mass is 16.5. The first-order valence-corrected chi connectivity index (χ1v) is 10.2. The summed E-state index contributed by atoms with van der Waals surface area (Å²) >= 11 is 0. The molecule has 0 aliphatic carbocycles. The molecule has 0 saturated carbocycles. The maximum Gasteiger partial charge on any atom is 0.318 e. The molecular weight excluding hydrogens is 366 g/mol. The van der Waals surface area contributed by atoms with E-state index in [1.807, 2.05) is 67.3 Å². The predicted molar refractivity (Wildman–Crippen MR) is 114 cm³/mol. The second-order valence-corrected chi connectivity index (χ2v) is 7.33. The number of hydrogen-bond acceptors (Lipinski definition) is 3. The number of anilines is 1. The Morgan fingerprint density at radius 3 is 2.66 bits per heavy atom. The van der Waals surface area contributed by atoms with E-state index in [2.05, 4.69) is 10.6 Å². The van der Waals surface area contributed by atoms with Crippen LogP contribution >= 0.6 is 0 Å². The molecule has 1 aliphatic heterocycles. The van der Waals surface area contributed by atoms with E-state index >= 15 is 0 Å². The second-order valence-electron chi connectivity index (χ2n) is 7.33. The first-order chi connectivity index (χ1) is 14.0. The molecule has 0 bridgehead atoms. The van der Waals surface area contributed by atoms with Gasteiger partial charge in [0.1, 0.15) is 5.75 Å². The Kier molecular flexibility index (Phi) is 6.75. The lowest BCUT2D eigenvalue weighted by Crippen LogP contribution is -2.40. The average molecular weight is 396 g/mol. The Morgan fingerprint density at radius 2 is 1.97 bits per heavy atom. The number of likely N-dealkylation sites (tertiary alicyclic amines) is 1. The molecule has 2 N–H and O–H groups in total. The third-order valence-corrected chi connectivity index (χ3v) is 5.14. The van der Waals surface area contributed by atoms with Crippen LogP contribution in [0.5, 0.6) is 5.75 Å². The summed E-state index contributed by atoms with van der Waals surface area (Å²) in [4.78, 5) is 26.2. The number of nitrogens with one attached hydrogen (secondary N) is 2. The lowest BCUT2D eigenvalue weighted by atomic mass is 10.0. The summed E-state index contributed by atoms with van der Waals surface area (Å²) in [7, 11) is 0. The molecule has 0 spiro atoms. The van der Waals surface area contributed by atoms with Crippen LogP contribution in [0.25, 0.3) is 0 Å². The number of rotatable bonds is 6. The average Bonchev–Trinajstić information content (AvgIpc) is 3.18. The number of ether oxygens (including phenoxy) is 1. The summed E-state index contributed by atoms with van der Waals surface area (Å²) in [6, 6.07) is 15.4. The maximum atomic E-state index is 13.0. The summed E-state index contributed by atoms with van der Waals surface area (Å²) < 4.78 is 5.51. The first kappa shape index (κ1) is 20.7. The standard InChI is InChI=1S/C23H29N3O3/c1-4-29-21-12-10-18(11-13-21)22-9-6-14-26(22)23(28)24-16(2)19-7-5-8-20(15-19)25-17(3)27/h5,7-8,10-13,15-16,22H,4,6,9,14H2,1-3H3,(H,24,28)(H,25,27). The Labute approximate surface area is 172 Å². The van der Waals surface area contributed by atoms with Crippen LogP contribution in [0.1, 0.15) is 56.8 Å². The molecule has 3 amide bonds. The quantitative estimate of drug-likeness (QED) is 0.748. The van der Waals surface area contributed by atoms with Gasteiger partial charge >= 0.3 is 6.03 Å². The van der Waals surface area contributed by atoms with Gasteiger partial charge in [0, 0.05) is 19.2 Å². The molecule has 3 rings (SSSR count). The first-order valence-electron chi connectivity index (χ1n) is 10.2. The van der Waals surface area contributed by atoms with Gasteiger partial charge in [-0.1, -0.05) is 24.3 Å². The van der Waals surface area contributed by atoms with E-state index in [9.17, 15) is 9.59 Å². The van der Waals surface area contributed by atoms with Gasteiger partial charge in [0.15, 0.2) is 0 Å². The second kappa shape index (κ2) is 9.45. The minimum Gasteiger partial charge on any atom is -0.494 e. The fourth-order valence-corrected chi connectivity index (χ4v) is 3.75. The lowest BCUT2D eigenvalue weighted by Gasteiger charge is -2.27. The van der Waals surface area contributed by atoms with Gasteiger partial charge < -0.3 is 20.3 Å². The van der Waals surface area contributed by atoms with Crippen molar-refractivity contribution in [2.75, 3.05) is 18.5 Å². The van der Waals surface area contributed by atoms with Gasteiger partial charge in [-0.25, -0.2) is 4.79 Å². The molecular formula is C23H29N3O3. The molecule has 1 fully saturated rings. The van der Waals surface area contributed by atoms with Gasteiger partial charge in [-0.15, -0.1) is 0 Å². The van der Waals surface area contributed by atoms with Crippen molar-refractivity contribution in [1.82, 2.24) is 10.2 Å². The van der Waals surface area contributed by atoms with Crippen molar-refractivity contribution in [3.05, 3.63) is 59.7 Å². The lowest BCUT2D eigenvalue weighted by molar-refractivity contribution is -0.114. The number of carbonyl (C=O) groups is 2. The number of urea groups is 1. The molecule has 0 aromatic heterocycles. The van der Waals surface area contributed by atoms with Crippen LogP contribution in [-0.2, 0) is 4.79 Å². The van der Waals surface area contributed by atoms with E-state index in [1.165, 1.54) is 6.92 Å². The zero-order valence-corrected chi connectivity index (χ0v) is 17.3. The smallest absolute Gasteiger partial charge is 0.318 e. The zero-order valence-electron chi connectivity index (χ0n) is 17.3. The topological polar surface area (TPSA) is 70.7 Å². The van der Waals surface area contributed by atoms with Gasteiger partial charge in [-0.2, -0.15) is 0 Å². The summed E-state index contributed by atoms with van der Waals surface area (Å²) in [5, 5.41) is 5.88. The Bertz CT molecular complexity index is 851. The number of hydrogen-bond donors (Lipinski definition) is 2. The van der Waals surface area contributed by atoms with Gasteiger partial charge in [-0.3, -0.25) is 4.79 Å². The molecule has 154 valence electrons. The van der Waals surface area contributed by atoms with Crippen molar-refractivity contribution in [3.63, 3.8) is 0 Å². The summed E-state index contributed by atoms with van der Waals surface area (Å²) in [5.41, 5.74) is 2.80. The molecule has 1 aliphatic rings. The number of benzene rings is 2. The molecule has 1 saturated heterocycles. The largest absolute Gasteiger partial charge is 0.494 e. The fraction of sp³-hybridized carbons (Fsp3) is 0.391. The van der Waals surface area contributed by atoms with Crippen molar-refractivity contribution in [3.8, 4) is 5.75 Å². The minimum atomic E-state index is -0.169. The van der Waals surface area contributed by atoms with Gasteiger partial charge in [0.2, 0.25) is 5.91 Å². The van der Waals surface area contributed by atoms with Crippen LogP contribution in [0.3, 0.4) is 0 Å². The SMILES string of the molecule is CCOc1ccc(C2CCCN2C(=O)NC(C)c2cccc(NC(C)=O)c2)cc1. The molecule has 6 nitrogen and oxygen atoms in total. The van der Waals surface area contributed by atoms with Crippen LogP contribution in [0, 0.1) is 0 Å². The van der Waals surface area contributed by atoms with Crippen LogP contribution in [0.15, 0.2) is 48.5 Å². The Morgan fingerprint density at radius 1 is 1.21 bits per heavy atom. The molecule has 0 radical (unpaired) electrons. The maximum absolute atomic E-state index is 13.0. The van der Waals surface area contributed by atoms with Crippen molar-refractivity contribution in [2.45, 2.75) is 45.7 Å². The Hall–Kier alpha value is -3.02. The highest BCUT2D eigenvalue weighted by molar-refractivity contribution is 5.88. The zero-order chi connectivity index (χ0) is 20.8. The number of carbonyl (C=O) groups excluding carboxylic acids is 2. The molecule has 2 unspecified atom stereocenters. The van der Waals surface area contributed by atoms with E-state index in [0.29, 0.717) is 6.61 Å². The van der Waals surface area contributed by atoms with Crippen LogP contribution in [0.4, 0.5) is 10.5 Å². The van der Waals surface area contributed by atoms with Crippen molar-refractivity contribution in [1.29, 1.82) is 0 Å². The summed E-state index contributed by atoms with van der Waals surface area (Å²) in [5.74, 6) is 0.729.